The second kappa shape index (κ2) is 8.71. The van der Waals surface area contributed by atoms with E-state index in [2.05, 4.69) is 5.32 Å². The molecule has 0 radical (unpaired) electrons. The van der Waals surface area contributed by atoms with Crippen LogP contribution in [-0.2, 0) is 11.3 Å². The molecule has 0 aromatic heterocycles. The molecule has 7 heteroatoms. The number of hydrogen-bond donors (Lipinski definition) is 1. The highest BCUT2D eigenvalue weighted by Crippen LogP contribution is 2.41. The Morgan fingerprint density at radius 3 is 2.75 bits per heavy atom. The van der Waals surface area contributed by atoms with Gasteiger partial charge in [0, 0.05) is 38.3 Å². The van der Waals surface area contributed by atoms with E-state index in [1.54, 1.807) is 19.1 Å². The van der Waals surface area contributed by atoms with Crippen molar-refractivity contribution in [2.45, 2.75) is 39.2 Å². The number of piperidine rings is 1. The molecule has 2 fully saturated rings. The van der Waals surface area contributed by atoms with Gasteiger partial charge in [-0.15, -0.1) is 0 Å². The molecule has 7 nitrogen and oxygen atoms in total. The molecule has 28 heavy (non-hydrogen) atoms. The Kier molecular flexibility index (Phi) is 6.31. The summed E-state index contributed by atoms with van der Waals surface area (Å²) in [6.07, 6.45) is 3.43. The molecular weight excluding hydrogens is 358 g/mol. The Morgan fingerprint density at radius 2 is 2.04 bits per heavy atom. The maximum absolute atomic E-state index is 13.4. The Morgan fingerprint density at radius 1 is 1.21 bits per heavy atom. The van der Waals surface area contributed by atoms with E-state index in [1.807, 2.05) is 30.0 Å². The normalized spacial score (nSPS) is 21.9. The molecule has 1 atom stereocenters. The molecule has 2 aliphatic heterocycles. The summed E-state index contributed by atoms with van der Waals surface area (Å²) in [6, 6.07) is 5.68. The predicted octanol–water partition coefficient (Wildman–Crippen LogP) is 2.64. The summed E-state index contributed by atoms with van der Waals surface area (Å²) < 4.78 is 10.9. The fraction of sp³-hybridized carbons (Fsp3) is 0.619. The first-order valence-corrected chi connectivity index (χ1v) is 10.1. The van der Waals surface area contributed by atoms with Gasteiger partial charge in [0.25, 0.3) is 0 Å². The van der Waals surface area contributed by atoms with Crippen LogP contribution in [0.4, 0.5) is 4.79 Å². The number of urea groups is 1. The van der Waals surface area contributed by atoms with Crippen molar-refractivity contribution in [2.24, 2.45) is 5.41 Å². The van der Waals surface area contributed by atoms with Gasteiger partial charge in [0.05, 0.1) is 19.6 Å². The van der Waals surface area contributed by atoms with E-state index in [0.29, 0.717) is 37.7 Å². The van der Waals surface area contributed by atoms with Crippen molar-refractivity contribution >= 4 is 11.9 Å². The lowest BCUT2D eigenvalue weighted by atomic mass is 9.78. The van der Waals surface area contributed by atoms with Gasteiger partial charge < -0.3 is 24.6 Å². The number of carbonyl (C=O) groups is 2. The molecule has 0 unspecified atom stereocenters. The molecule has 3 rings (SSSR count). The number of nitrogens with one attached hydrogen (secondary N) is 1. The zero-order valence-corrected chi connectivity index (χ0v) is 17.1. The highest BCUT2D eigenvalue weighted by molar-refractivity contribution is 5.86. The van der Waals surface area contributed by atoms with Gasteiger partial charge in [-0.2, -0.15) is 0 Å². The number of amides is 3. The van der Waals surface area contributed by atoms with E-state index in [0.717, 1.165) is 37.8 Å². The number of nitrogens with zero attached hydrogens (tertiary/aromatic N) is 2. The van der Waals surface area contributed by atoms with Gasteiger partial charge in [-0.1, -0.05) is 19.1 Å². The van der Waals surface area contributed by atoms with Crippen LogP contribution < -0.4 is 14.8 Å². The average Bonchev–Trinajstić information content (AvgIpc) is 3.14. The summed E-state index contributed by atoms with van der Waals surface area (Å²) in [4.78, 5) is 29.4. The van der Waals surface area contributed by atoms with Crippen molar-refractivity contribution in [3.8, 4) is 11.5 Å². The third-order valence-electron chi connectivity index (χ3n) is 5.84. The van der Waals surface area contributed by atoms with Crippen LogP contribution >= 0.6 is 0 Å². The van der Waals surface area contributed by atoms with Crippen molar-refractivity contribution in [2.75, 3.05) is 40.4 Å². The Bertz CT molecular complexity index is 724. The number of carbonyl (C=O) groups excluding carboxylic acids is 2. The molecule has 1 spiro atoms. The summed E-state index contributed by atoms with van der Waals surface area (Å²) >= 11 is 0. The lowest BCUT2D eigenvalue weighted by Crippen LogP contribution is -2.50. The molecule has 0 bridgehead atoms. The molecule has 154 valence electrons. The predicted molar refractivity (Wildman–Crippen MR) is 107 cm³/mol. The standard InChI is InChI=1S/C21H31N3O4/c1-4-11-22-20(26)24-13-10-21(15-24)9-6-12-23(19(21)25)14-16-7-5-8-17(27-2)18(16)28-3/h5,7-8H,4,6,9-15H2,1-3H3,(H,22,26)/t21-/m0/s1. The minimum Gasteiger partial charge on any atom is -0.493 e. The van der Waals surface area contributed by atoms with Crippen LogP contribution in [0, 0.1) is 5.41 Å². The lowest BCUT2D eigenvalue weighted by Gasteiger charge is -2.39. The highest BCUT2D eigenvalue weighted by Gasteiger charge is 2.49. The molecule has 2 heterocycles. The molecule has 0 aliphatic carbocycles. The van der Waals surface area contributed by atoms with Crippen LogP contribution in [0.15, 0.2) is 18.2 Å². The van der Waals surface area contributed by atoms with Gasteiger partial charge in [-0.05, 0) is 31.7 Å². The average molecular weight is 389 g/mol. The van der Waals surface area contributed by atoms with Crippen molar-refractivity contribution in [1.82, 2.24) is 15.1 Å². The van der Waals surface area contributed by atoms with E-state index in [-0.39, 0.29) is 11.9 Å². The van der Waals surface area contributed by atoms with E-state index in [4.69, 9.17) is 9.47 Å². The van der Waals surface area contributed by atoms with Crippen LogP contribution in [0.25, 0.3) is 0 Å². The minimum atomic E-state index is -0.450. The SMILES string of the molecule is CCCNC(=O)N1CC[C@@]2(CCCN(Cc3cccc(OC)c3OC)C2=O)C1. The zero-order valence-electron chi connectivity index (χ0n) is 17.1. The second-order valence-corrected chi connectivity index (χ2v) is 7.67. The van der Waals surface area contributed by atoms with Crippen molar-refractivity contribution < 1.29 is 19.1 Å². The quantitative estimate of drug-likeness (QED) is 0.812. The van der Waals surface area contributed by atoms with Crippen LogP contribution in [0.5, 0.6) is 11.5 Å². The van der Waals surface area contributed by atoms with Crippen LogP contribution in [0.2, 0.25) is 0 Å². The number of para-hydroxylation sites is 1. The molecule has 1 aromatic rings. The van der Waals surface area contributed by atoms with Gasteiger partial charge in [0.1, 0.15) is 0 Å². The zero-order chi connectivity index (χ0) is 20.1. The van der Waals surface area contributed by atoms with Gasteiger partial charge in [0.2, 0.25) is 5.91 Å². The minimum absolute atomic E-state index is 0.0573. The fourth-order valence-corrected chi connectivity index (χ4v) is 4.36. The maximum Gasteiger partial charge on any atom is 0.317 e. The van der Waals surface area contributed by atoms with Gasteiger partial charge in [-0.25, -0.2) is 4.79 Å². The molecule has 3 amide bonds. The van der Waals surface area contributed by atoms with Crippen LogP contribution in [0.3, 0.4) is 0 Å². The first-order chi connectivity index (χ1) is 13.5. The number of likely N-dealkylation sites (tertiary alicyclic amines) is 2. The third-order valence-corrected chi connectivity index (χ3v) is 5.84. The topological polar surface area (TPSA) is 71.1 Å². The first-order valence-electron chi connectivity index (χ1n) is 10.1. The molecule has 1 N–H and O–H groups in total. The summed E-state index contributed by atoms with van der Waals surface area (Å²) in [5.74, 6) is 1.48. The molecular formula is C21H31N3O4. The fourth-order valence-electron chi connectivity index (χ4n) is 4.36. The van der Waals surface area contributed by atoms with Gasteiger partial charge >= 0.3 is 6.03 Å². The Labute approximate surface area is 167 Å². The monoisotopic (exact) mass is 389 g/mol. The number of ether oxygens (including phenoxy) is 2. The maximum atomic E-state index is 13.4. The largest absolute Gasteiger partial charge is 0.493 e. The van der Waals surface area contributed by atoms with Crippen LogP contribution in [-0.4, -0.2) is 62.1 Å². The van der Waals surface area contributed by atoms with E-state index in [9.17, 15) is 9.59 Å². The van der Waals surface area contributed by atoms with Gasteiger partial charge in [-0.3, -0.25) is 4.79 Å². The molecule has 1 aromatic carbocycles. The number of benzene rings is 1. The Hall–Kier alpha value is -2.44. The number of methoxy groups -OCH3 is 2. The van der Waals surface area contributed by atoms with E-state index >= 15 is 0 Å². The molecule has 2 aliphatic rings. The smallest absolute Gasteiger partial charge is 0.317 e. The van der Waals surface area contributed by atoms with Gasteiger partial charge in [0.15, 0.2) is 11.5 Å². The summed E-state index contributed by atoms with van der Waals surface area (Å²) in [5.41, 5.74) is 0.483. The number of hydrogen-bond acceptors (Lipinski definition) is 4. The number of rotatable bonds is 6. The first kappa shape index (κ1) is 20.3. The van der Waals surface area contributed by atoms with E-state index < -0.39 is 5.41 Å². The van der Waals surface area contributed by atoms with Crippen LogP contribution in [0.1, 0.15) is 38.2 Å². The molecule has 0 saturated carbocycles. The summed E-state index contributed by atoms with van der Waals surface area (Å²) in [5, 5.41) is 2.92. The van der Waals surface area contributed by atoms with Crippen molar-refractivity contribution in [3.63, 3.8) is 0 Å². The highest BCUT2D eigenvalue weighted by atomic mass is 16.5. The lowest BCUT2D eigenvalue weighted by molar-refractivity contribution is -0.146. The van der Waals surface area contributed by atoms with Crippen molar-refractivity contribution in [3.05, 3.63) is 23.8 Å². The summed E-state index contributed by atoms with van der Waals surface area (Å²) in [6.45, 7) is 5.05. The van der Waals surface area contributed by atoms with E-state index in [1.165, 1.54) is 0 Å². The van der Waals surface area contributed by atoms with Crippen molar-refractivity contribution in [1.29, 1.82) is 0 Å². The third kappa shape index (κ3) is 3.88. The second-order valence-electron chi connectivity index (χ2n) is 7.67. The Balaban J connectivity index is 1.73. The molecule has 2 saturated heterocycles. The summed E-state index contributed by atoms with van der Waals surface area (Å²) in [7, 11) is 3.23.